The van der Waals surface area contributed by atoms with E-state index in [-0.39, 0.29) is 12.5 Å². The summed E-state index contributed by atoms with van der Waals surface area (Å²) in [6, 6.07) is 21.3. The summed E-state index contributed by atoms with van der Waals surface area (Å²) in [4.78, 5) is 29.2. The molecule has 4 aromatic rings. The van der Waals surface area contributed by atoms with Gasteiger partial charge < -0.3 is 20.3 Å². The van der Waals surface area contributed by atoms with E-state index in [1.54, 1.807) is 12.1 Å². The molecule has 0 unspecified atom stereocenters. The van der Waals surface area contributed by atoms with Crippen molar-refractivity contribution in [1.82, 2.24) is 14.9 Å². The van der Waals surface area contributed by atoms with Crippen molar-refractivity contribution < 1.29 is 14.7 Å². The molecule has 4 rings (SSSR count). The van der Waals surface area contributed by atoms with Crippen LogP contribution in [0.15, 0.2) is 66.7 Å². The van der Waals surface area contributed by atoms with Gasteiger partial charge in [0.1, 0.15) is 5.82 Å². The predicted molar refractivity (Wildman–Crippen MR) is 190 cm³/mol. The quantitative estimate of drug-likeness (QED) is 0.0803. The predicted octanol–water partition coefficient (Wildman–Crippen LogP) is 9.24. The number of anilines is 1. The van der Waals surface area contributed by atoms with E-state index in [1.807, 2.05) is 36.4 Å². The van der Waals surface area contributed by atoms with Crippen LogP contribution in [0.4, 0.5) is 5.69 Å². The van der Waals surface area contributed by atoms with Crippen LogP contribution in [0.2, 0.25) is 0 Å². The van der Waals surface area contributed by atoms with Crippen LogP contribution in [0.1, 0.15) is 113 Å². The average Bonchev–Trinajstić information content (AvgIpc) is 3.41. The van der Waals surface area contributed by atoms with Crippen LogP contribution >= 0.6 is 0 Å². The van der Waals surface area contributed by atoms with E-state index < -0.39 is 5.97 Å². The lowest BCUT2D eigenvalue weighted by molar-refractivity contribution is -0.119. The molecule has 1 aromatic heterocycles. The summed E-state index contributed by atoms with van der Waals surface area (Å²) in [5.41, 5.74) is 5.85. The number of carbonyl (C=O) groups excluding carboxylic acids is 1. The van der Waals surface area contributed by atoms with Crippen LogP contribution in [-0.2, 0) is 17.8 Å². The van der Waals surface area contributed by atoms with E-state index in [0.29, 0.717) is 17.7 Å². The SMILES string of the molecule is CCCCCCCCCCCCNC(=O)CNc1ccc2nc(CCCC)n(Cc3ccc(-c4ccccc4C(=O)O)cc3)c2c1. The van der Waals surface area contributed by atoms with Gasteiger partial charge in [-0.15, -0.1) is 0 Å². The van der Waals surface area contributed by atoms with E-state index in [4.69, 9.17) is 4.98 Å². The lowest BCUT2D eigenvalue weighted by Crippen LogP contribution is -2.30. The number of rotatable bonds is 21. The lowest BCUT2D eigenvalue weighted by Gasteiger charge is -2.12. The summed E-state index contributed by atoms with van der Waals surface area (Å²) in [5, 5.41) is 16.0. The molecule has 1 amide bonds. The highest BCUT2D eigenvalue weighted by atomic mass is 16.4. The Labute approximate surface area is 274 Å². The number of hydrogen-bond donors (Lipinski definition) is 3. The Morgan fingerprint density at radius 3 is 2.15 bits per heavy atom. The minimum atomic E-state index is -0.930. The van der Waals surface area contributed by atoms with Gasteiger partial charge in [-0.25, -0.2) is 9.78 Å². The van der Waals surface area contributed by atoms with Crippen LogP contribution < -0.4 is 10.6 Å². The van der Waals surface area contributed by atoms with Gasteiger partial charge in [0.15, 0.2) is 0 Å². The van der Waals surface area contributed by atoms with Gasteiger partial charge in [0.2, 0.25) is 5.91 Å². The Balaban J connectivity index is 1.32. The second-order valence-electron chi connectivity index (χ2n) is 12.4. The zero-order valence-electron chi connectivity index (χ0n) is 27.8. The second-order valence-corrected chi connectivity index (χ2v) is 12.4. The van der Waals surface area contributed by atoms with Gasteiger partial charge in [0.25, 0.3) is 0 Å². The molecule has 0 radical (unpaired) electrons. The maximum absolute atomic E-state index is 12.5. The maximum Gasteiger partial charge on any atom is 0.336 e. The number of fused-ring (bicyclic) bond motifs is 1. The highest BCUT2D eigenvalue weighted by Crippen LogP contribution is 2.26. The maximum atomic E-state index is 12.5. The van der Waals surface area contributed by atoms with Crippen molar-refractivity contribution in [3.63, 3.8) is 0 Å². The minimum Gasteiger partial charge on any atom is -0.478 e. The summed E-state index contributed by atoms with van der Waals surface area (Å²) < 4.78 is 2.27. The summed E-state index contributed by atoms with van der Waals surface area (Å²) in [6.07, 6.45) is 15.9. The number of carboxylic acids is 1. The fourth-order valence-corrected chi connectivity index (χ4v) is 5.96. The van der Waals surface area contributed by atoms with E-state index in [1.165, 1.54) is 57.8 Å². The third-order valence-electron chi connectivity index (χ3n) is 8.65. The molecule has 0 aliphatic carbocycles. The number of unbranched alkanes of at least 4 members (excludes halogenated alkanes) is 10. The van der Waals surface area contributed by atoms with Crippen LogP contribution in [0.3, 0.4) is 0 Å². The molecule has 0 aliphatic heterocycles. The second kappa shape index (κ2) is 18.7. The van der Waals surface area contributed by atoms with Crippen molar-refractivity contribution in [2.24, 2.45) is 0 Å². The Morgan fingerprint density at radius 2 is 1.46 bits per heavy atom. The zero-order valence-corrected chi connectivity index (χ0v) is 27.8. The first-order chi connectivity index (χ1) is 22.5. The molecule has 0 aliphatic rings. The minimum absolute atomic E-state index is 0.0118. The summed E-state index contributed by atoms with van der Waals surface area (Å²) in [7, 11) is 0. The van der Waals surface area contributed by atoms with Gasteiger partial charge in [-0.3, -0.25) is 4.79 Å². The summed E-state index contributed by atoms with van der Waals surface area (Å²) in [6.45, 7) is 6.06. The monoisotopic (exact) mass is 624 g/mol. The van der Waals surface area contributed by atoms with Crippen molar-refractivity contribution in [3.8, 4) is 11.1 Å². The van der Waals surface area contributed by atoms with Crippen molar-refractivity contribution in [1.29, 1.82) is 0 Å². The molecule has 0 spiro atoms. The van der Waals surface area contributed by atoms with E-state index in [2.05, 4.69) is 47.2 Å². The van der Waals surface area contributed by atoms with Crippen LogP contribution in [-0.4, -0.2) is 39.6 Å². The Bertz CT molecular complexity index is 1530. The first kappa shape index (κ1) is 34.7. The number of amides is 1. The smallest absolute Gasteiger partial charge is 0.336 e. The van der Waals surface area contributed by atoms with Crippen LogP contribution in [0, 0.1) is 0 Å². The molecule has 1 heterocycles. The van der Waals surface area contributed by atoms with Gasteiger partial charge in [0.05, 0.1) is 23.1 Å². The fourth-order valence-electron chi connectivity index (χ4n) is 5.96. The number of hydrogen-bond acceptors (Lipinski definition) is 4. The highest BCUT2D eigenvalue weighted by molar-refractivity contribution is 5.96. The van der Waals surface area contributed by atoms with Crippen molar-refractivity contribution in [2.75, 3.05) is 18.4 Å². The van der Waals surface area contributed by atoms with Crippen molar-refractivity contribution >= 4 is 28.6 Å². The first-order valence-electron chi connectivity index (χ1n) is 17.4. The molecule has 0 saturated carbocycles. The van der Waals surface area contributed by atoms with E-state index >= 15 is 0 Å². The molecular formula is C39H52N4O3. The molecule has 0 atom stereocenters. The van der Waals surface area contributed by atoms with Crippen molar-refractivity contribution in [3.05, 3.63) is 83.7 Å². The third kappa shape index (κ3) is 10.5. The number of carbonyl (C=O) groups is 2. The topological polar surface area (TPSA) is 96.3 Å². The molecule has 0 fully saturated rings. The van der Waals surface area contributed by atoms with Crippen molar-refractivity contribution in [2.45, 2.75) is 104 Å². The molecule has 46 heavy (non-hydrogen) atoms. The molecule has 7 heteroatoms. The van der Waals surface area contributed by atoms with Gasteiger partial charge >= 0.3 is 5.97 Å². The highest BCUT2D eigenvalue weighted by Gasteiger charge is 2.14. The van der Waals surface area contributed by atoms with Gasteiger partial charge in [-0.05, 0) is 53.8 Å². The molecule has 246 valence electrons. The van der Waals surface area contributed by atoms with Gasteiger partial charge in [-0.1, -0.05) is 121 Å². The third-order valence-corrected chi connectivity index (χ3v) is 8.65. The van der Waals surface area contributed by atoms with Crippen LogP contribution in [0.5, 0.6) is 0 Å². The Hall–Kier alpha value is -4.13. The number of imidazole rings is 1. The normalized spacial score (nSPS) is 11.2. The lowest BCUT2D eigenvalue weighted by atomic mass is 9.99. The molecule has 3 N–H and O–H groups in total. The summed E-state index contributed by atoms with van der Waals surface area (Å²) >= 11 is 0. The van der Waals surface area contributed by atoms with E-state index in [9.17, 15) is 14.7 Å². The standard InChI is InChI=1S/C39H52N4O3/c1-3-5-7-8-9-10-11-12-13-16-26-40-38(44)28-41-32-24-25-35-36(27-32)43(37(42-35)19-6-4-2)29-30-20-22-31(23-21-30)33-17-14-15-18-34(33)39(45)46/h14-15,17-18,20-25,27,41H,3-13,16,19,26,28-29H2,1-2H3,(H,40,44)(H,45,46). The number of benzene rings is 3. The number of aromatic nitrogens is 2. The largest absolute Gasteiger partial charge is 0.478 e. The Kier molecular flexibility index (Phi) is 14.2. The van der Waals surface area contributed by atoms with E-state index in [0.717, 1.165) is 65.9 Å². The van der Waals surface area contributed by atoms with Gasteiger partial charge in [-0.2, -0.15) is 0 Å². The number of aryl methyl sites for hydroxylation is 1. The summed E-state index contributed by atoms with van der Waals surface area (Å²) in [5.74, 6) is 0.127. The molecule has 3 aromatic carbocycles. The molecule has 0 saturated heterocycles. The van der Waals surface area contributed by atoms with Gasteiger partial charge in [0, 0.05) is 25.2 Å². The number of nitrogens with one attached hydrogen (secondary N) is 2. The number of nitrogens with zero attached hydrogens (tertiary/aromatic N) is 2. The Morgan fingerprint density at radius 1 is 0.783 bits per heavy atom. The first-order valence-corrected chi connectivity index (χ1v) is 17.4. The molecule has 7 nitrogen and oxygen atoms in total. The zero-order chi connectivity index (χ0) is 32.6. The number of aromatic carboxylic acids is 1. The average molecular weight is 625 g/mol. The number of carboxylic acid groups (broad SMARTS) is 1. The van der Waals surface area contributed by atoms with Crippen LogP contribution in [0.25, 0.3) is 22.2 Å². The molecular weight excluding hydrogens is 572 g/mol. The fraction of sp³-hybridized carbons (Fsp3) is 0.462. The molecule has 0 bridgehead atoms.